The highest BCUT2D eigenvalue weighted by Crippen LogP contribution is 2.28. The molecule has 0 unspecified atom stereocenters. The largest absolute Gasteiger partial charge is 0.452 e. The highest BCUT2D eigenvalue weighted by molar-refractivity contribution is 9.10. The van der Waals surface area contributed by atoms with Crippen molar-refractivity contribution in [3.8, 4) is 0 Å². The fraction of sp³-hybridized carbons (Fsp3) is 0.400. The third-order valence-electron chi connectivity index (χ3n) is 2.13. The summed E-state index contributed by atoms with van der Waals surface area (Å²) in [7, 11) is -0.283. The number of furan rings is 1. The Morgan fingerprint density at radius 2 is 2.29 bits per heavy atom. The maximum Gasteiger partial charge on any atom is 0.247 e. The van der Waals surface area contributed by atoms with Gasteiger partial charge in [-0.1, -0.05) is 6.08 Å². The molecule has 0 bridgehead atoms. The van der Waals surface area contributed by atoms with Gasteiger partial charge in [-0.3, -0.25) is 0 Å². The molecule has 0 aromatic carbocycles. The van der Waals surface area contributed by atoms with Gasteiger partial charge in [-0.05, 0) is 23.0 Å². The molecule has 5 nitrogen and oxygen atoms in total. The molecule has 1 heterocycles. The maximum atomic E-state index is 12.1. The molecule has 0 saturated carbocycles. The summed E-state index contributed by atoms with van der Waals surface area (Å²) in [4.78, 5) is 0.132. The van der Waals surface area contributed by atoms with Gasteiger partial charge in [0.05, 0.1) is 6.54 Å². The van der Waals surface area contributed by atoms with Crippen LogP contribution in [0.25, 0.3) is 0 Å². The van der Waals surface area contributed by atoms with Crippen molar-refractivity contribution < 1.29 is 12.8 Å². The third kappa shape index (κ3) is 3.19. The first-order valence-corrected chi connectivity index (χ1v) is 7.16. The van der Waals surface area contributed by atoms with Crippen molar-refractivity contribution in [3.05, 3.63) is 29.2 Å². The normalized spacial score (nSPS) is 12.0. The second-order valence-corrected chi connectivity index (χ2v) is 6.19. The number of halogens is 1. The molecular formula is C10H15BrN2O3S. The maximum absolute atomic E-state index is 12.1. The van der Waals surface area contributed by atoms with Gasteiger partial charge in [0.25, 0.3) is 0 Å². The van der Waals surface area contributed by atoms with E-state index < -0.39 is 10.0 Å². The Morgan fingerprint density at radius 1 is 1.65 bits per heavy atom. The molecule has 1 aromatic heterocycles. The summed E-state index contributed by atoms with van der Waals surface area (Å²) in [6.45, 7) is 4.24. The fourth-order valence-electron chi connectivity index (χ4n) is 1.28. The molecule has 0 aliphatic carbocycles. The zero-order chi connectivity index (χ0) is 13.1. The lowest BCUT2D eigenvalue weighted by molar-refractivity contribution is 0.465. The van der Waals surface area contributed by atoms with Gasteiger partial charge in [-0.15, -0.1) is 6.58 Å². The number of nitrogens with zero attached hydrogens (tertiary/aromatic N) is 1. The van der Waals surface area contributed by atoms with Crippen molar-refractivity contribution in [2.75, 3.05) is 20.6 Å². The van der Waals surface area contributed by atoms with Crippen molar-refractivity contribution >= 4 is 26.0 Å². The lowest BCUT2D eigenvalue weighted by Crippen LogP contribution is -2.26. The zero-order valence-electron chi connectivity index (χ0n) is 9.73. The molecule has 0 saturated heterocycles. The van der Waals surface area contributed by atoms with Gasteiger partial charge in [0.2, 0.25) is 10.0 Å². The van der Waals surface area contributed by atoms with Gasteiger partial charge in [-0.25, -0.2) is 8.42 Å². The number of rotatable bonds is 6. The van der Waals surface area contributed by atoms with Crippen LogP contribution in [-0.2, 0) is 16.6 Å². The van der Waals surface area contributed by atoms with E-state index in [-0.39, 0.29) is 16.1 Å². The highest BCUT2D eigenvalue weighted by Gasteiger charge is 2.26. The van der Waals surface area contributed by atoms with Gasteiger partial charge in [0.1, 0.15) is 10.7 Å². The summed E-state index contributed by atoms with van der Waals surface area (Å²) < 4.78 is 31.0. The first-order valence-electron chi connectivity index (χ1n) is 4.93. The van der Waals surface area contributed by atoms with E-state index in [9.17, 15) is 8.42 Å². The molecule has 1 rings (SSSR count). The van der Waals surface area contributed by atoms with Crippen LogP contribution < -0.4 is 5.32 Å². The molecule has 0 spiro atoms. The number of sulfonamides is 1. The van der Waals surface area contributed by atoms with Crippen LogP contribution in [0.15, 0.2) is 32.7 Å². The predicted octanol–water partition coefficient (Wildman–Crippen LogP) is 1.57. The molecule has 0 radical (unpaired) electrons. The van der Waals surface area contributed by atoms with Crippen molar-refractivity contribution in [2.24, 2.45) is 0 Å². The number of hydrogen-bond acceptors (Lipinski definition) is 4. The zero-order valence-corrected chi connectivity index (χ0v) is 12.1. The van der Waals surface area contributed by atoms with Crippen molar-refractivity contribution in [1.29, 1.82) is 0 Å². The van der Waals surface area contributed by atoms with Gasteiger partial charge in [-0.2, -0.15) is 4.31 Å². The van der Waals surface area contributed by atoms with Crippen molar-refractivity contribution in [2.45, 2.75) is 11.4 Å². The van der Waals surface area contributed by atoms with Gasteiger partial charge < -0.3 is 9.73 Å². The monoisotopic (exact) mass is 322 g/mol. The summed E-state index contributed by atoms with van der Waals surface area (Å²) in [5.41, 5.74) is 0. The second kappa shape index (κ2) is 5.81. The Bertz CT molecular complexity index is 496. The Morgan fingerprint density at radius 3 is 2.82 bits per heavy atom. The van der Waals surface area contributed by atoms with E-state index in [4.69, 9.17) is 4.42 Å². The van der Waals surface area contributed by atoms with Gasteiger partial charge in [0.15, 0.2) is 4.67 Å². The lowest BCUT2D eigenvalue weighted by atomic mass is 10.4. The average Bonchev–Trinajstić information content (AvgIpc) is 2.61. The molecular weight excluding hydrogens is 308 g/mol. The SMILES string of the molecule is C=CCN(C)S(=O)(=O)c1cc(CNC)oc1Br. The van der Waals surface area contributed by atoms with Crippen LogP contribution in [0.2, 0.25) is 0 Å². The van der Waals surface area contributed by atoms with Crippen LogP contribution in [0.4, 0.5) is 0 Å². The van der Waals surface area contributed by atoms with Crippen molar-refractivity contribution in [1.82, 2.24) is 9.62 Å². The van der Waals surface area contributed by atoms with E-state index in [0.29, 0.717) is 12.3 Å². The highest BCUT2D eigenvalue weighted by atomic mass is 79.9. The number of likely N-dealkylation sites (N-methyl/N-ethyl adjacent to an activating group) is 1. The Labute approximate surface area is 110 Å². The first-order chi connectivity index (χ1) is 7.93. The summed E-state index contributed by atoms with van der Waals surface area (Å²) in [6.07, 6.45) is 1.53. The van der Waals surface area contributed by atoms with E-state index in [1.807, 2.05) is 0 Å². The standard InChI is InChI=1S/C10H15BrN2O3S/c1-4-5-13(3)17(14,15)9-6-8(7-12-2)16-10(9)11/h4,6,12H,1,5,7H2,2-3H3. The van der Waals surface area contributed by atoms with Gasteiger partial charge in [0, 0.05) is 19.7 Å². The smallest absolute Gasteiger partial charge is 0.247 e. The van der Waals surface area contributed by atoms with E-state index in [0.717, 1.165) is 0 Å². The summed E-state index contributed by atoms with van der Waals surface area (Å²) >= 11 is 3.12. The summed E-state index contributed by atoms with van der Waals surface area (Å²) in [5, 5.41) is 2.89. The molecule has 7 heteroatoms. The molecule has 1 N–H and O–H groups in total. The fourth-order valence-corrected chi connectivity index (χ4v) is 3.38. The van der Waals surface area contributed by atoms with E-state index in [1.54, 1.807) is 7.05 Å². The Hall–Kier alpha value is -0.630. The molecule has 0 amide bonds. The van der Waals surface area contributed by atoms with Crippen molar-refractivity contribution in [3.63, 3.8) is 0 Å². The lowest BCUT2D eigenvalue weighted by Gasteiger charge is -2.13. The van der Waals surface area contributed by atoms with E-state index >= 15 is 0 Å². The minimum Gasteiger partial charge on any atom is -0.452 e. The third-order valence-corrected chi connectivity index (χ3v) is 4.81. The first kappa shape index (κ1) is 14.4. The van der Waals surface area contributed by atoms with Crippen LogP contribution >= 0.6 is 15.9 Å². The Balaban J connectivity index is 3.10. The van der Waals surface area contributed by atoms with E-state index in [1.165, 1.54) is 23.5 Å². The van der Waals surface area contributed by atoms with Crippen LogP contribution in [0, 0.1) is 0 Å². The van der Waals surface area contributed by atoms with Crippen LogP contribution in [-0.4, -0.2) is 33.4 Å². The van der Waals surface area contributed by atoms with E-state index in [2.05, 4.69) is 27.8 Å². The molecule has 0 aliphatic rings. The molecule has 96 valence electrons. The molecule has 0 fully saturated rings. The molecule has 17 heavy (non-hydrogen) atoms. The van der Waals surface area contributed by atoms with Crippen LogP contribution in [0.5, 0.6) is 0 Å². The quantitative estimate of drug-likeness (QED) is 0.807. The Kier molecular flexibility index (Phi) is 4.93. The average molecular weight is 323 g/mol. The summed E-state index contributed by atoms with van der Waals surface area (Å²) in [6, 6.07) is 1.51. The number of hydrogen-bond donors (Lipinski definition) is 1. The minimum absolute atomic E-state index is 0.132. The van der Waals surface area contributed by atoms with Crippen LogP contribution in [0.1, 0.15) is 5.76 Å². The number of nitrogens with one attached hydrogen (secondary N) is 1. The summed E-state index contributed by atoms with van der Waals surface area (Å²) in [5.74, 6) is 0.560. The molecule has 0 atom stereocenters. The molecule has 0 aliphatic heterocycles. The van der Waals surface area contributed by atoms with Gasteiger partial charge >= 0.3 is 0 Å². The predicted molar refractivity (Wildman–Crippen MR) is 69.2 cm³/mol. The second-order valence-electron chi connectivity index (χ2n) is 3.46. The minimum atomic E-state index is -3.54. The van der Waals surface area contributed by atoms with Crippen LogP contribution in [0.3, 0.4) is 0 Å². The molecule has 1 aromatic rings. The topological polar surface area (TPSA) is 62.6 Å².